The molecule has 1 unspecified atom stereocenters. The van der Waals surface area contributed by atoms with Crippen LogP contribution in [0, 0.1) is 0 Å². The van der Waals surface area contributed by atoms with Gasteiger partial charge in [0.1, 0.15) is 0 Å². The minimum Gasteiger partial charge on any atom is -0.360 e. The second-order valence-corrected chi connectivity index (χ2v) is 5.43. The number of amides is 1. The van der Waals surface area contributed by atoms with Gasteiger partial charge in [-0.05, 0) is 44.3 Å². The normalized spacial score (nSPS) is 19.8. The summed E-state index contributed by atoms with van der Waals surface area (Å²) in [6, 6.07) is 8.31. The van der Waals surface area contributed by atoms with Crippen LogP contribution in [0.15, 0.2) is 28.7 Å². The van der Waals surface area contributed by atoms with E-state index in [1.807, 2.05) is 31.3 Å². The summed E-state index contributed by atoms with van der Waals surface area (Å²) in [6.07, 6.45) is 0.954. The molecule has 1 fully saturated rings. The fraction of sp³-hybridized carbons (Fsp3) is 0.462. The molecule has 1 amide bonds. The Morgan fingerprint density at radius 3 is 2.83 bits per heavy atom. The van der Waals surface area contributed by atoms with Crippen LogP contribution < -0.4 is 15.5 Å². The molecule has 18 heavy (non-hydrogen) atoms. The molecular weight excluding hydrogens is 294 g/mol. The standard InChI is InChI=1S/C13H18BrN3O/c1-15-7-6-11-8-17(9-13(18)16-11)12-4-2-10(14)3-5-12/h2-5,11,15H,6-9H2,1H3,(H,16,18). The first kappa shape index (κ1) is 13.4. The van der Waals surface area contributed by atoms with E-state index >= 15 is 0 Å². The van der Waals surface area contributed by atoms with Crippen LogP contribution in [0.25, 0.3) is 0 Å². The summed E-state index contributed by atoms with van der Waals surface area (Å²) in [7, 11) is 1.93. The van der Waals surface area contributed by atoms with Crippen LogP contribution in [0.1, 0.15) is 6.42 Å². The summed E-state index contributed by atoms with van der Waals surface area (Å²) in [5, 5.41) is 6.15. The number of carbonyl (C=O) groups is 1. The molecule has 1 atom stereocenters. The number of benzene rings is 1. The van der Waals surface area contributed by atoms with Gasteiger partial charge in [-0.2, -0.15) is 0 Å². The molecule has 0 radical (unpaired) electrons. The van der Waals surface area contributed by atoms with Crippen molar-refractivity contribution < 1.29 is 4.79 Å². The monoisotopic (exact) mass is 311 g/mol. The van der Waals surface area contributed by atoms with Crippen molar-refractivity contribution in [1.82, 2.24) is 10.6 Å². The van der Waals surface area contributed by atoms with Gasteiger partial charge in [-0.3, -0.25) is 4.79 Å². The summed E-state index contributed by atoms with van der Waals surface area (Å²) in [6.45, 7) is 2.23. The van der Waals surface area contributed by atoms with E-state index in [0.717, 1.165) is 29.7 Å². The smallest absolute Gasteiger partial charge is 0.239 e. The second-order valence-electron chi connectivity index (χ2n) is 4.51. The van der Waals surface area contributed by atoms with E-state index in [4.69, 9.17) is 0 Å². The number of hydrogen-bond donors (Lipinski definition) is 2. The van der Waals surface area contributed by atoms with Crippen LogP contribution in [-0.4, -0.2) is 38.6 Å². The van der Waals surface area contributed by atoms with E-state index in [9.17, 15) is 4.79 Å². The third kappa shape index (κ3) is 3.46. The molecule has 1 aliphatic heterocycles. The van der Waals surface area contributed by atoms with E-state index in [0.29, 0.717) is 6.54 Å². The van der Waals surface area contributed by atoms with Gasteiger partial charge in [0.2, 0.25) is 5.91 Å². The molecule has 1 saturated heterocycles. The first-order valence-electron chi connectivity index (χ1n) is 6.13. The van der Waals surface area contributed by atoms with E-state index in [2.05, 4.69) is 31.5 Å². The quantitative estimate of drug-likeness (QED) is 0.882. The Kier molecular flexibility index (Phi) is 4.60. The van der Waals surface area contributed by atoms with Gasteiger partial charge < -0.3 is 15.5 Å². The lowest BCUT2D eigenvalue weighted by Crippen LogP contribution is -2.54. The number of nitrogens with zero attached hydrogens (tertiary/aromatic N) is 1. The number of halogens is 1. The zero-order chi connectivity index (χ0) is 13.0. The first-order chi connectivity index (χ1) is 8.69. The molecule has 98 valence electrons. The van der Waals surface area contributed by atoms with Crippen molar-refractivity contribution in [2.75, 3.05) is 31.6 Å². The van der Waals surface area contributed by atoms with E-state index in [1.54, 1.807) is 0 Å². The van der Waals surface area contributed by atoms with Crippen molar-refractivity contribution >= 4 is 27.5 Å². The average molecular weight is 312 g/mol. The topological polar surface area (TPSA) is 44.4 Å². The zero-order valence-electron chi connectivity index (χ0n) is 10.4. The fourth-order valence-corrected chi connectivity index (χ4v) is 2.42. The Bertz CT molecular complexity index is 407. The van der Waals surface area contributed by atoms with Gasteiger partial charge in [-0.15, -0.1) is 0 Å². The van der Waals surface area contributed by atoms with Crippen LogP contribution in [0.3, 0.4) is 0 Å². The molecule has 0 saturated carbocycles. The summed E-state index contributed by atoms with van der Waals surface area (Å²) in [4.78, 5) is 13.8. The van der Waals surface area contributed by atoms with Crippen molar-refractivity contribution in [2.45, 2.75) is 12.5 Å². The Labute approximate surface area is 116 Å². The number of carbonyl (C=O) groups excluding carboxylic acids is 1. The zero-order valence-corrected chi connectivity index (χ0v) is 12.0. The van der Waals surface area contributed by atoms with Crippen molar-refractivity contribution in [1.29, 1.82) is 0 Å². The molecule has 1 aromatic rings. The van der Waals surface area contributed by atoms with Crippen molar-refractivity contribution in [3.63, 3.8) is 0 Å². The molecule has 2 N–H and O–H groups in total. The lowest BCUT2D eigenvalue weighted by Gasteiger charge is -2.34. The first-order valence-corrected chi connectivity index (χ1v) is 6.93. The van der Waals surface area contributed by atoms with E-state index < -0.39 is 0 Å². The molecule has 5 heteroatoms. The number of hydrogen-bond acceptors (Lipinski definition) is 3. The summed E-state index contributed by atoms with van der Waals surface area (Å²) in [5.41, 5.74) is 1.10. The second kappa shape index (κ2) is 6.20. The molecule has 0 bridgehead atoms. The Morgan fingerprint density at radius 2 is 2.17 bits per heavy atom. The summed E-state index contributed by atoms with van der Waals surface area (Å²) < 4.78 is 1.06. The maximum atomic E-state index is 11.7. The van der Waals surface area contributed by atoms with Crippen molar-refractivity contribution in [3.8, 4) is 0 Å². The van der Waals surface area contributed by atoms with Gasteiger partial charge in [0, 0.05) is 22.7 Å². The molecule has 0 aliphatic carbocycles. The Morgan fingerprint density at radius 1 is 1.44 bits per heavy atom. The third-order valence-corrected chi connectivity index (χ3v) is 3.60. The highest BCUT2D eigenvalue weighted by Gasteiger charge is 2.24. The lowest BCUT2D eigenvalue weighted by atomic mass is 10.1. The van der Waals surface area contributed by atoms with Crippen LogP contribution >= 0.6 is 15.9 Å². The van der Waals surface area contributed by atoms with Gasteiger partial charge in [-0.1, -0.05) is 15.9 Å². The van der Waals surface area contributed by atoms with Gasteiger partial charge in [-0.25, -0.2) is 0 Å². The highest BCUT2D eigenvalue weighted by molar-refractivity contribution is 9.10. The highest BCUT2D eigenvalue weighted by Crippen LogP contribution is 2.20. The molecule has 4 nitrogen and oxygen atoms in total. The van der Waals surface area contributed by atoms with Crippen LogP contribution in [0.2, 0.25) is 0 Å². The van der Waals surface area contributed by atoms with Crippen molar-refractivity contribution in [2.24, 2.45) is 0 Å². The van der Waals surface area contributed by atoms with E-state index in [-0.39, 0.29) is 11.9 Å². The number of rotatable bonds is 4. The minimum atomic E-state index is 0.102. The third-order valence-electron chi connectivity index (χ3n) is 3.07. The predicted molar refractivity (Wildman–Crippen MR) is 76.8 cm³/mol. The van der Waals surface area contributed by atoms with Gasteiger partial charge >= 0.3 is 0 Å². The molecule has 1 aliphatic rings. The van der Waals surface area contributed by atoms with Crippen molar-refractivity contribution in [3.05, 3.63) is 28.7 Å². The summed E-state index contributed by atoms with van der Waals surface area (Å²) in [5.74, 6) is 0.102. The number of nitrogens with one attached hydrogen (secondary N) is 2. The Balaban J connectivity index is 2.03. The van der Waals surface area contributed by atoms with Gasteiger partial charge in [0.05, 0.1) is 6.54 Å². The summed E-state index contributed by atoms with van der Waals surface area (Å²) >= 11 is 3.42. The molecule has 2 rings (SSSR count). The molecule has 0 aromatic heterocycles. The van der Waals surface area contributed by atoms with Crippen LogP contribution in [-0.2, 0) is 4.79 Å². The van der Waals surface area contributed by atoms with E-state index in [1.165, 1.54) is 0 Å². The number of anilines is 1. The molecule has 1 aromatic carbocycles. The van der Waals surface area contributed by atoms with Crippen LogP contribution in [0.5, 0.6) is 0 Å². The SMILES string of the molecule is CNCCC1CN(c2ccc(Br)cc2)CC(=O)N1. The minimum absolute atomic E-state index is 0.102. The Hall–Kier alpha value is -1.07. The predicted octanol–water partition coefficient (Wildman–Crippen LogP) is 1.36. The molecule has 1 heterocycles. The van der Waals surface area contributed by atoms with Gasteiger partial charge in [0.15, 0.2) is 0 Å². The highest BCUT2D eigenvalue weighted by atomic mass is 79.9. The maximum Gasteiger partial charge on any atom is 0.239 e. The average Bonchev–Trinajstić information content (AvgIpc) is 2.36. The largest absolute Gasteiger partial charge is 0.360 e. The fourth-order valence-electron chi connectivity index (χ4n) is 2.15. The van der Waals surface area contributed by atoms with Crippen LogP contribution in [0.4, 0.5) is 5.69 Å². The molecule has 0 spiro atoms. The van der Waals surface area contributed by atoms with Gasteiger partial charge in [0.25, 0.3) is 0 Å². The molecular formula is C13H18BrN3O. The lowest BCUT2D eigenvalue weighted by molar-refractivity contribution is -0.121. The number of piperazine rings is 1. The maximum absolute atomic E-state index is 11.7.